The van der Waals surface area contributed by atoms with E-state index in [4.69, 9.17) is 9.47 Å². The van der Waals surface area contributed by atoms with E-state index < -0.39 is 17.4 Å². The number of aromatic nitrogens is 1. The van der Waals surface area contributed by atoms with Gasteiger partial charge < -0.3 is 9.47 Å². The molecule has 0 radical (unpaired) electrons. The molecule has 1 aromatic heterocycles. The third-order valence-corrected chi connectivity index (χ3v) is 3.65. The number of esters is 2. The standard InChI is InChI=1S/C13H19NO4S/c1-4-13(11(15)17-5-2,12(16)18-6-3)9-10-14-7-8-19-10/h7-8H,4-6,9H2,1-3H3. The highest BCUT2D eigenvalue weighted by Crippen LogP contribution is 2.31. The molecule has 1 heterocycles. The van der Waals surface area contributed by atoms with E-state index in [0.29, 0.717) is 6.42 Å². The Morgan fingerprint density at radius 3 is 2.16 bits per heavy atom. The summed E-state index contributed by atoms with van der Waals surface area (Å²) >= 11 is 1.41. The molecule has 0 aromatic carbocycles. The molecule has 1 aromatic rings. The van der Waals surface area contributed by atoms with E-state index in [9.17, 15) is 9.59 Å². The monoisotopic (exact) mass is 285 g/mol. The summed E-state index contributed by atoms with van der Waals surface area (Å²) in [6.07, 6.45) is 2.19. The van der Waals surface area contributed by atoms with Crippen molar-refractivity contribution in [2.24, 2.45) is 5.41 Å². The third-order valence-electron chi connectivity index (χ3n) is 2.87. The van der Waals surface area contributed by atoms with Gasteiger partial charge in [-0.3, -0.25) is 9.59 Å². The number of thiazole rings is 1. The van der Waals surface area contributed by atoms with Crippen LogP contribution in [0.15, 0.2) is 11.6 Å². The average Bonchev–Trinajstić information content (AvgIpc) is 2.89. The van der Waals surface area contributed by atoms with Gasteiger partial charge in [0.1, 0.15) is 0 Å². The summed E-state index contributed by atoms with van der Waals surface area (Å²) in [6.45, 7) is 5.68. The Balaban J connectivity index is 3.05. The fourth-order valence-electron chi connectivity index (χ4n) is 1.78. The van der Waals surface area contributed by atoms with Gasteiger partial charge in [-0.05, 0) is 20.3 Å². The zero-order chi connectivity index (χ0) is 14.3. The minimum atomic E-state index is -1.29. The molecule has 0 aliphatic carbocycles. The Kier molecular flexibility index (Phi) is 5.95. The number of carbonyl (C=O) groups is 2. The molecule has 0 aliphatic rings. The van der Waals surface area contributed by atoms with E-state index in [1.165, 1.54) is 11.3 Å². The molecule has 0 unspecified atom stereocenters. The minimum Gasteiger partial charge on any atom is -0.465 e. The van der Waals surface area contributed by atoms with Gasteiger partial charge in [0, 0.05) is 18.0 Å². The van der Waals surface area contributed by atoms with E-state index >= 15 is 0 Å². The van der Waals surface area contributed by atoms with Gasteiger partial charge in [0.2, 0.25) is 0 Å². The van der Waals surface area contributed by atoms with Gasteiger partial charge in [-0.2, -0.15) is 0 Å². The van der Waals surface area contributed by atoms with Crippen LogP contribution in [0, 0.1) is 5.41 Å². The summed E-state index contributed by atoms with van der Waals surface area (Å²) in [5.74, 6) is -1.07. The summed E-state index contributed by atoms with van der Waals surface area (Å²) in [5.41, 5.74) is -1.29. The van der Waals surface area contributed by atoms with Crippen LogP contribution in [0.5, 0.6) is 0 Å². The predicted molar refractivity (Wildman–Crippen MR) is 71.8 cm³/mol. The van der Waals surface area contributed by atoms with Gasteiger partial charge in [-0.25, -0.2) is 4.98 Å². The fourth-order valence-corrected chi connectivity index (χ4v) is 2.51. The van der Waals surface area contributed by atoms with Crippen molar-refractivity contribution in [3.63, 3.8) is 0 Å². The van der Waals surface area contributed by atoms with Crippen LogP contribution < -0.4 is 0 Å². The summed E-state index contributed by atoms with van der Waals surface area (Å²) in [7, 11) is 0. The number of hydrogen-bond donors (Lipinski definition) is 0. The minimum absolute atomic E-state index is 0.221. The molecular formula is C13H19NO4S. The van der Waals surface area contributed by atoms with E-state index in [1.54, 1.807) is 27.0 Å². The maximum absolute atomic E-state index is 12.2. The van der Waals surface area contributed by atoms with Crippen molar-refractivity contribution in [2.45, 2.75) is 33.6 Å². The van der Waals surface area contributed by atoms with E-state index in [2.05, 4.69) is 4.98 Å². The van der Waals surface area contributed by atoms with Crippen LogP contribution in [0.3, 0.4) is 0 Å². The Morgan fingerprint density at radius 1 is 1.21 bits per heavy atom. The lowest BCUT2D eigenvalue weighted by Gasteiger charge is -2.27. The predicted octanol–water partition coefficient (Wildman–Crippen LogP) is 2.21. The first-order chi connectivity index (χ1) is 9.10. The molecular weight excluding hydrogens is 266 g/mol. The van der Waals surface area contributed by atoms with E-state index in [0.717, 1.165) is 5.01 Å². The lowest BCUT2D eigenvalue weighted by atomic mass is 9.82. The molecule has 0 saturated heterocycles. The molecule has 0 N–H and O–H groups in total. The summed E-state index contributed by atoms with van der Waals surface area (Å²) in [6, 6.07) is 0. The number of ether oxygens (including phenoxy) is 2. The Labute approximate surface area is 116 Å². The first-order valence-electron chi connectivity index (χ1n) is 6.33. The van der Waals surface area contributed by atoms with Crippen molar-refractivity contribution in [1.29, 1.82) is 0 Å². The van der Waals surface area contributed by atoms with Gasteiger partial charge in [0.15, 0.2) is 5.41 Å². The van der Waals surface area contributed by atoms with Crippen LogP contribution in [0.4, 0.5) is 0 Å². The van der Waals surface area contributed by atoms with Crippen molar-refractivity contribution in [3.05, 3.63) is 16.6 Å². The normalized spacial score (nSPS) is 11.1. The first-order valence-corrected chi connectivity index (χ1v) is 7.21. The Hall–Kier alpha value is -1.43. The molecule has 0 aliphatic heterocycles. The molecule has 106 valence electrons. The number of hydrogen-bond acceptors (Lipinski definition) is 6. The first kappa shape index (κ1) is 15.6. The van der Waals surface area contributed by atoms with Crippen LogP contribution in [0.1, 0.15) is 32.2 Å². The second-order valence-electron chi connectivity index (χ2n) is 3.98. The number of carbonyl (C=O) groups excluding carboxylic acids is 2. The van der Waals surface area contributed by atoms with Gasteiger partial charge in [-0.1, -0.05) is 6.92 Å². The molecule has 0 fully saturated rings. The lowest BCUT2D eigenvalue weighted by Crippen LogP contribution is -2.43. The average molecular weight is 285 g/mol. The van der Waals surface area contributed by atoms with Crippen molar-refractivity contribution < 1.29 is 19.1 Å². The highest BCUT2D eigenvalue weighted by molar-refractivity contribution is 7.09. The van der Waals surface area contributed by atoms with Crippen molar-refractivity contribution in [2.75, 3.05) is 13.2 Å². The Bertz CT molecular complexity index is 398. The largest absolute Gasteiger partial charge is 0.465 e. The topological polar surface area (TPSA) is 65.5 Å². The van der Waals surface area contributed by atoms with Crippen LogP contribution >= 0.6 is 11.3 Å². The van der Waals surface area contributed by atoms with Crippen LogP contribution in [-0.2, 0) is 25.5 Å². The second kappa shape index (κ2) is 7.23. The lowest BCUT2D eigenvalue weighted by molar-refractivity contribution is -0.172. The summed E-state index contributed by atoms with van der Waals surface area (Å²) in [5, 5.41) is 2.54. The number of rotatable bonds is 7. The van der Waals surface area contributed by atoms with Crippen molar-refractivity contribution in [1.82, 2.24) is 4.98 Å². The molecule has 5 nitrogen and oxygen atoms in total. The molecule has 0 amide bonds. The molecule has 0 saturated carbocycles. The maximum atomic E-state index is 12.2. The quantitative estimate of drug-likeness (QED) is 0.567. The second-order valence-corrected chi connectivity index (χ2v) is 4.96. The number of nitrogens with zero attached hydrogens (tertiary/aromatic N) is 1. The summed E-state index contributed by atoms with van der Waals surface area (Å²) < 4.78 is 10.1. The molecule has 0 spiro atoms. The zero-order valence-electron chi connectivity index (χ0n) is 11.5. The van der Waals surface area contributed by atoms with Gasteiger partial charge >= 0.3 is 11.9 Å². The van der Waals surface area contributed by atoms with Crippen LogP contribution in [0.2, 0.25) is 0 Å². The molecule has 6 heteroatoms. The van der Waals surface area contributed by atoms with E-state index in [-0.39, 0.29) is 19.6 Å². The molecule has 1 rings (SSSR count). The van der Waals surface area contributed by atoms with Crippen LogP contribution in [-0.4, -0.2) is 30.1 Å². The Morgan fingerprint density at radius 2 is 1.79 bits per heavy atom. The SMILES string of the molecule is CCOC(=O)C(CC)(Cc1nccs1)C(=O)OCC. The highest BCUT2D eigenvalue weighted by Gasteiger charge is 2.48. The van der Waals surface area contributed by atoms with Gasteiger partial charge in [0.25, 0.3) is 0 Å². The highest BCUT2D eigenvalue weighted by atomic mass is 32.1. The van der Waals surface area contributed by atoms with Crippen molar-refractivity contribution >= 4 is 23.3 Å². The summed E-state index contributed by atoms with van der Waals surface area (Å²) in [4.78, 5) is 28.5. The fraction of sp³-hybridized carbons (Fsp3) is 0.615. The maximum Gasteiger partial charge on any atom is 0.323 e. The zero-order valence-corrected chi connectivity index (χ0v) is 12.3. The third kappa shape index (κ3) is 3.53. The smallest absolute Gasteiger partial charge is 0.323 e. The van der Waals surface area contributed by atoms with Gasteiger partial charge in [0.05, 0.1) is 18.2 Å². The van der Waals surface area contributed by atoms with Gasteiger partial charge in [-0.15, -0.1) is 11.3 Å². The molecule has 0 bridgehead atoms. The van der Waals surface area contributed by atoms with Crippen molar-refractivity contribution in [3.8, 4) is 0 Å². The molecule has 19 heavy (non-hydrogen) atoms. The molecule has 0 atom stereocenters. The van der Waals surface area contributed by atoms with Crippen LogP contribution in [0.25, 0.3) is 0 Å². The van der Waals surface area contributed by atoms with E-state index in [1.807, 2.05) is 5.38 Å².